The summed E-state index contributed by atoms with van der Waals surface area (Å²) in [5.74, 6) is -0.117. The summed E-state index contributed by atoms with van der Waals surface area (Å²) in [4.78, 5) is 25.6. The molecule has 2 aliphatic carbocycles. The largest absolute Gasteiger partial charge is 0.476 e. The number of sulfonamides is 1. The SMILES string of the molecule is Cc1cccc(C)c1-c1cc2nc(n1)NS(=O)(=O)c1cccc(c1)CN(C1CC3(CCN(C(=O)OC(C)(C)C)CC3)C1)C(CC1(C(F)(F)F)CC1)CO2. The molecule has 10 nitrogen and oxygen atoms in total. The van der Waals surface area contributed by atoms with Crippen LogP contribution in [0.5, 0.6) is 5.88 Å². The lowest BCUT2D eigenvalue weighted by Crippen LogP contribution is -2.59. The van der Waals surface area contributed by atoms with Crippen LogP contribution >= 0.6 is 0 Å². The number of anilines is 1. The van der Waals surface area contributed by atoms with Gasteiger partial charge in [-0.1, -0.05) is 30.3 Å². The fraction of sp³-hybridized carbons (Fsp3) is 0.564. The summed E-state index contributed by atoms with van der Waals surface area (Å²) in [5.41, 5.74) is 1.27. The van der Waals surface area contributed by atoms with Crippen molar-refractivity contribution in [2.75, 3.05) is 24.4 Å². The van der Waals surface area contributed by atoms with E-state index in [0.717, 1.165) is 42.4 Å². The summed E-state index contributed by atoms with van der Waals surface area (Å²) >= 11 is 0. The number of ether oxygens (including phenoxy) is 2. The number of aryl methyl sites for hydroxylation is 2. The number of fused-ring (bicyclic) bond motifs is 4. The maximum atomic E-state index is 14.6. The van der Waals surface area contributed by atoms with Gasteiger partial charge in [0, 0.05) is 43.3 Å². The smallest absolute Gasteiger partial charge is 0.410 e. The molecular formula is C39H48F3N5O5S. The molecule has 3 heterocycles. The van der Waals surface area contributed by atoms with Gasteiger partial charge >= 0.3 is 12.3 Å². The Morgan fingerprint density at radius 2 is 1.64 bits per heavy atom. The summed E-state index contributed by atoms with van der Waals surface area (Å²) in [6.45, 7) is 10.6. The first-order valence-corrected chi connectivity index (χ1v) is 19.8. The van der Waals surface area contributed by atoms with E-state index in [1.54, 1.807) is 23.1 Å². The second-order valence-corrected chi connectivity index (χ2v) is 18.3. The number of carbonyl (C=O) groups is 1. The minimum atomic E-state index is -4.37. The number of alkyl halides is 3. The lowest BCUT2D eigenvalue weighted by molar-refractivity contribution is -0.195. The van der Waals surface area contributed by atoms with Crippen molar-refractivity contribution in [2.24, 2.45) is 10.8 Å². The van der Waals surface area contributed by atoms with Crippen LogP contribution in [0.4, 0.5) is 23.9 Å². The number of carbonyl (C=O) groups excluding carboxylic acids is 1. The fourth-order valence-corrected chi connectivity index (χ4v) is 9.39. The zero-order chi connectivity index (χ0) is 38.0. The number of nitrogens with zero attached hydrogens (tertiary/aromatic N) is 4. The van der Waals surface area contributed by atoms with Crippen molar-refractivity contribution in [3.63, 3.8) is 0 Å². The van der Waals surface area contributed by atoms with E-state index in [9.17, 15) is 26.4 Å². The average molecular weight is 756 g/mol. The molecule has 0 radical (unpaired) electrons. The van der Waals surface area contributed by atoms with E-state index >= 15 is 0 Å². The molecule has 2 aromatic carbocycles. The highest BCUT2D eigenvalue weighted by atomic mass is 32.2. The molecule has 1 spiro atoms. The average Bonchev–Trinajstić information content (AvgIpc) is 3.85. The van der Waals surface area contributed by atoms with Crippen molar-refractivity contribution < 1.29 is 35.9 Å². The topological polar surface area (TPSA) is 114 Å². The van der Waals surface area contributed by atoms with Gasteiger partial charge in [-0.3, -0.25) is 4.90 Å². The first-order chi connectivity index (χ1) is 24.8. The lowest BCUT2D eigenvalue weighted by atomic mass is 9.59. The van der Waals surface area contributed by atoms with Crippen LogP contribution in [0.25, 0.3) is 11.3 Å². The van der Waals surface area contributed by atoms with Gasteiger partial charge in [0.1, 0.15) is 12.2 Å². The molecule has 1 amide bonds. The van der Waals surface area contributed by atoms with Gasteiger partial charge in [0.05, 0.1) is 16.0 Å². The van der Waals surface area contributed by atoms with Crippen LogP contribution in [0.3, 0.4) is 0 Å². The number of amides is 1. The van der Waals surface area contributed by atoms with Gasteiger partial charge < -0.3 is 14.4 Å². The van der Waals surface area contributed by atoms with Crippen LogP contribution in [0.2, 0.25) is 0 Å². The van der Waals surface area contributed by atoms with Gasteiger partial charge in [0.2, 0.25) is 11.8 Å². The number of rotatable bonds is 4. The van der Waals surface area contributed by atoms with Gasteiger partial charge in [-0.25, -0.2) is 22.9 Å². The molecule has 1 aromatic heterocycles. The van der Waals surface area contributed by atoms with E-state index in [0.29, 0.717) is 24.3 Å². The van der Waals surface area contributed by atoms with Crippen LogP contribution in [0, 0.1) is 24.7 Å². The van der Waals surface area contributed by atoms with Crippen LogP contribution in [0.1, 0.15) is 82.4 Å². The number of piperidine rings is 1. The Balaban J connectivity index is 1.23. The highest BCUT2D eigenvalue weighted by Crippen LogP contribution is 2.61. The standard InChI is InChI=1S/C39H48F3N5O5S/c1-25-8-6-9-26(2)33(25)31-19-32-44-34(43-31)45-53(49,50)30-11-7-10-27(18-30)23-47(29(24-51-32)22-38(12-13-38)39(40,41)42)28-20-37(21-28)14-16-46(17-15-37)35(48)52-36(3,4)5/h6-11,18-19,28-29H,12-17,20-24H2,1-5H3,(H,43,44,45). The van der Waals surface area contributed by atoms with Gasteiger partial charge in [-0.15, -0.1) is 0 Å². The third-order valence-corrected chi connectivity index (χ3v) is 12.8. The third kappa shape index (κ3) is 7.85. The highest BCUT2D eigenvalue weighted by molar-refractivity contribution is 7.92. The van der Waals surface area contributed by atoms with E-state index in [4.69, 9.17) is 9.47 Å². The number of hydrogen-bond donors (Lipinski definition) is 1. The summed E-state index contributed by atoms with van der Waals surface area (Å²) in [7, 11) is -4.15. The number of likely N-dealkylation sites (tertiary alicyclic amines) is 1. The molecule has 286 valence electrons. The normalized spacial score (nSPS) is 22.6. The third-order valence-electron chi connectivity index (χ3n) is 11.5. The highest BCUT2D eigenvalue weighted by Gasteiger charge is 2.64. The Morgan fingerprint density at radius 3 is 2.26 bits per heavy atom. The van der Waals surface area contributed by atoms with E-state index in [1.165, 1.54) is 6.07 Å². The summed E-state index contributed by atoms with van der Waals surface area (Å²) in [6, 6.07) is 13.2. The van der Waals surface area contributed by atoms with Gasteiger partial charge in [0.15, 0.2) is 0 Å². The minimum Gasteiger partial charge on any atom is -0.476 e. The predicted octanol–water partition coefficient (Wildman–Crippen LogP) is 8.04. The maximum absolute atomic E-state index is 14.6. The van der Waals surface area contributed by atoms with E-state index in [1.807, 2.05) is 58.9 Å². The summed E-state index contributed by atoms with van der Waals surface area (Å²) in [6.07, 6.45) is -1.70. The molecule has 7 rings (SSSR count). The van der Waals surface area contributed by atoms with Crippen molar-refractivity contribution in [2.45, 2.75) is 115 Å². The molecule has 3 fully saturated rings. The van der Waals surface area contributed by atoms with Gasteiger partial charge in [0.25, 0.3) is 10.0 Å². The molecule has 1 N–H and O–H groups in total. The van der Waals surface area contributed by atoms with Crippen LogP contribution in [-0.4, -0.2) is 77.8 Å². The van der Waals surface area contributed by atoms with E-state index < -0.39 is 33.3 Å². The molecular weight excluding hydrogens is 708 g/mol. The zero-order valence-electron chi connectivity index (χ0n) is 30.9. The Bertz CT molecular complexity index is 1960. The Morgan fingerprint density at radius 1 is 0.981 bits per heavy atom. The van der Waals surface area contributed by atoms with Crippen molar-refractivity contribution in [3.05, 3.63) is 65.2 Å². The summed E-state index contributed by atoms with van der Waals surface area (Å²) in [5, 5.41) is 0. The molecule has 2 saturated carbocycles. The van der Waals surface area contributed by atoms with Crippen LogP contribution in [-0.2, 0) is 21.3 Å². The lowest BCUT2D eigenvalue weighted by Gasteiger charge is -2.56. The first-order valence-electron chi connectivity index (χ1n) is 18.4. The molecule has 3 aromatic rings. The number of nitrogens with one attached hydrogen (secondary N) is 1. The van der Waals surface area contributed by atoms with Crippen molar-refractivity contribution >= 4 is 22.1 Å². The predicted molar refractivity (Wildman–Crippen MR) is 194 cm³/mol. The van der Waals surface area contributed by atoms with Crippen molar-refractivity contribution in [1.29, 1.82) is 0 Å². The molecule has 4 aliphatic rings. The zero-order valence-corrected chi connectivity index (χ0v) is 31.7. The Hall–Kier alpha value is -3.91. The van der Waals surface area contributed by atoms with Gasteiger partial charge in [-0.05, 0) is 114 Å². The molecule has 14 heteroatoms. The molecule has 1 unspecified atom stereocenters. The second kappa shape index (κ2) is 13.4. The molecule has 1 atom stereocenters. The molecule has 4 bridgehead atoms. The van der Waals surface area contributed by atoms with E-state index in [2.05, 4.69) is 19.6 Å². The van der Waals surface area contributed by atoms with Crippen molar-refractivity contribution in [1.82, 2.24) is 19.8 Å². The Labute approximate surface area is 309 Å². The number of hydrogen-bond acceptors (Lipinski definition) is 8. The molecule has 1 saturated heterocycles. The molecule has 53 heavy (non-hydrogen) atoms. The van der Waals surface area contributed by atoms with Crippen LogP contribution in [0.15, 0.2) is 53.4 Å². The maximum Gasteiger partial charge on any atom is 0.410 e. The van der Waals surface area contributed by atoms with E-state index in [-0.39, 0.29) is 66.7 Å². The number of benzene rings is 2. The fourth-order valence-electron chi connectivity index (χ4n) is 8.38. The number of halogens is 3. The van der Waals surface area contributed by atoms with Gasteiger partial charge in [-0.2, -0.15) is 18.2 Å². The first kappa shape index (κ1) is 37.4. The monoisotopic (exact) mass is 755 g/mol. The quantitative estimate of drug-likeness (QED) is 0.285. The Kier molecular flexibility index (Phi) is 9.48. The second-order valence-electron chi connectivity index (χ2n) is 16.6. The van der Waals surface area contributed by atoms with Crippen LogP contribution < -0.4 is 9.46 Å². The summed E-state index contributed by atoms with van der Waals surface area (Å²) < 4.78 is 85.8. The minimum absolute atomic E-state index is 0.00263. The number of aromatic nitrogens is 2. The molecule has 2 aliphatic heterocycles. The van der Waals surface area contributed by atoms with Crippen molar-refractivity contribution in [3.8, 4) is 17.1 Å².